The van der Waals surface area contributed by atoms with Gasteiger partial charge in [-0.2, -0.15) is 9.67 Å². The Morgan fingerprint density at radius 3 is 2.81 bits per heavy atom. The number of hydrogen-bond donors (Lipinski definition) is 6. The molecule has 20 nitrogen and oxygen atoms in total. The molecule has 22 heteroatoms. The third-order valence-electron chi connectivity index (χ3n) is 8.03. The number of ether oxygens (including phenoxy) is 3. The number of aliphatic hydroxyl groups excluding tert-OH is 1. The topological polar surface area (TPSA) is 279 Å². The molecule has 0 amide bonds. The van der Waals surface area contributed by atoms with Gasteiger partial charge in [-0.25, -0.2) is 15.0 Å². The van der Waals surface area contributed by atoms with Gasteiger partial charge in [0.15, 0.2) is 46.3 Å². The van der Waals surface area contributed by atoms with Gasteiger partial charge in [0.25, 0.3) is 5.56 Å². The van der Waals surface area contributed by atoms with Crippen molar-refractivity contribution in [1.29, 1.82) is 0 Å². The van der Waals surface area contributed by atoms with Crippen LogP contribution in [-0.4, -0.2) is 108 Å². The quantitative estimate of drug-likeness (QED) is 0.113. The van der Waals surface area contributed by atoms with E-state index < -0.39 is 60.4 Å². The first-order chi connectivity index (χ1) is 20.1. The first-order valence-electron chi connectivity index (χ1n) is 12.6. The average Bonchev–Trinajstić information content (AvgIpc) is 3.62. The van der Waals surface area contributed by atoms with E-state index in [1.165, 1.54) is 12.7 Å². The molecule has 0 aromatic carbocycles. The molecule has 4 aromatic rings. The molecule has 7 heterocycles. The maximum Gasteiger partial charge on any atom is 0.325 e. The van der Waals surface area contributed by atoms with Crippen molar-refractivity contribution in [2.45, 2.75) is 54.5 Å². The van der Waals surface area contributed by atoms with Crippen LogP contribution in [0.5, 0.6) is 0 Å². The molecule has 1 saturated carbocycles. The van der Waals surface area contributed by atoms with E-state index in [9.17, 15) is 19.9 Å². The number of aromatic amines is 1. The van der Waals surface area contributed by atoms with Gasteiger partial charge in [-0.3, -0.25) is 18.9 Å². The Balaban J connectivity index is 1.03. The number of aromatic nitrogens is 9. The van der Waals surface area contributed by atoms with E-state index >= 15 is 0 Å². The van der Waals surface area contributed by atoms with Gasteiger partial charge in [0.05, 0.1) is 25.6 Å². The van der Waals surface area contributed by atoms with Gasteiger partial charge in [-0.15, -0.1) is 5.10 Å². The number of H-pyrrole nitrogens is 1. The van der Waals surface area contributed by atoms with Crippen LogP contribution in [0.25, 0.3) is 22.3 Å². The zero-order valence-corrected chi connectivity index (χ0v) is 22.8. The maximum atomic E-state index is 12.2. The lowest BCUT2D eigenvalue weighted by Crippen LogP contribution is -2.41. The highest BCUT2D eigenvalue weighted by atomic mass is 32.5. The summed E-state index contributed by atoms with van der Waals surface area (Å²) in [5, 5.41) is 29.1. The molecule has 3 saturated heterocycles. The molecule has 8 rings (SSSR count). The summed E-state index contributed by atoms with van der Waals surface area (Å²) >= 11 is 5.33. The number of nitrogens with two attached hydrogens (primary N) is 2. The fourth-order valence-electron chi connectivity index (χ4n) is 6.09. The van der Waals surface area contributed by atoms with Crippen molar-refractivity contribution in [1.82, 2.24) is 44.5 Å². The van der Waals surface area contributed by atoms with Gasteiger partial charge in [-0.05, 0) is 11.8 Å². The van der Waals surface area contributed by atoms with E-state index in [0.29, 0.717) is 11.2 Å². The van der Waals surface area contributed by atoms with Crippen LogP contribution >= 0.6 is 6.72 Å². The average molecular weight is 624 g/mol. The second-order valence-electron chi connectivity index (χ2n) is 10.4. The third kappa shape index (κ3) is 3.45. The molecule has 3 aliphatic heterocycles. The van der Waals surface area contributed by atoms with Crippen LogP contribution in [0.2, 0.25) is 0 Å². The summed E-state index contributed by atoms with van der Waals surface area (Å²) < 4.78 is 32.3. The highest BCUT2D eigenvalue weighted by Gasteiger charge is 2.93. The van der Waals surface area contributed by atoms with Gasteiger partial charge < -0.3 is 45.3 Å². The Bertz CT molecular complexity index is 1870. The lowest BCUT2D eigenvalue weighted by atomic mass is 10.1. The molecule has 2 bridgehead atoms. The van der Waals surface area contributed by atoms with E-state index in [1.807, 2.05) is 0 Å². The maximum absolute atomic E-state index is 12.2. The van der Waals surface area contributed by atoms with Crippen molar-refractivity contribution in [2.24, 2.45) is 0 Å². The van der Waals surface area contributed by atoms with Gasteiger partial charge in [0.2, 0.25) is 5.95 Å². The molecule has 4 aromatic heterocycles. The van der Waals surface area contributed by atoms with Crippen LogP contribution < -0.4 is 17.0 Å². The highest BCUT2D eigenvalue weighted by molar-refractivity contribution is 8.07. The standard InChI is InChI=1S/C20H22N11O9PS/c21-11-8-12(24-4-23-11)30(5-25-8)16-10-20(34)17(19(20,38-16)3-36-10)40-41(35,42)39-7-1-6(2-32)37-15(7)31-13-9(28-29-31)14(33)27-18(22)26-13/h4-7,10,15-17,32,34H,1-3H2,(H,35,42)(H2,21,23,24)(H3,22,26,27,33)/t6-,7+,10-,15+,16+,17?,19+,20+,41?/m0/s1. The molecule has 4 aliphatic rings. The first kappa shape index (κ1) is 26.4. The molecule has 4 fully saturated rings. The predicted molar refractivity (Wildman–Crippen MR) is 139 cm³/mol. The molecule has 0 spiro atoms. The van der Waals surface area contributed by atoms with Crippen molar-refractivity contribution in [3.05, 3.63) is 23.0 Å². The zero-order valence-electron chi connectivity index (χ0n) is 21.1. The van der Waals surface area contributed by atoms with Crippen LogP contribution in [-0.2, 0) is 35.1 Å². The summed E-state index contributed by atoms with van der Waals surface area (Å²) in [6.07, 6.45) is -2.84. The Hall–Kier alpha value is -3.24. The molecule has 8 N–H and O–H groups in total. The first-order valence-corrected chi connectivity index (χ1v) is 15.2. The number of fused-ring (bicyclic) bond motifs is 2. The van der Waals surface area contributed by atoms with Gasteiger partial charge in [0.1, 0.15) is 30.2 Å². The van der Waals surface area contributed by atoms with E-state index in [2.05, 4.69) is 35.2 Å². The second-order valence-corrected chi connectivity index (χ2v) is 13.1. The van der Waals surface area contributed by atoms with E-state index in [1.54, 1.807) is 4.57 Å². The number of hydrogen-bond acceptors (Lipinski definition) is 17. The van der Waals surface area contributed by atoms with Crippen LogP contribution in [0, 0.1) is 0 Å². The second kappa shape index (κ2) is 8.66. The van der Waals surface area contributed by atoms with Gasteiger partial charge in [-0.1, -0.05) is 5.21 Å². The Kier molecular flexibility index (Phi) is 5.44. The normalized spacial score (nSPS) is 36.5. The largest absolute Gasteiger partial charge is 0.394 e. The van der Waals surface area contributed by atoms with Crippen LogP contribution in [0.1, 0.15) is 18.9 Å². The number of imidazole rings is 1. The summed E-state index contributed by atoms with van der Waals surface area (Å²) in [5.74, 6) is 0.00977. The Morgan fingerprint density at radius 2 is 2.05 bits per heavy atom. The predicted octanol–water partition coefficient (Wildman–Crippen LogP) is -2.80. The van der Waals surface area contributed by atoms with E-state index in [4.69, 9.17) is 46.5 Å². The summed E-state index contributed by atoms with van der Waals surface area (Å²) in [5.41, 5.74) is 8.61. The summed E-state index contributed by atoms with van der Waals surface area (Å²) in [4.78, 5) is 42.1. The van der Waals surface area contributed by atoms with Crippen molar-refractivity contribution in [3.63, 3.8) is 0 Å². The molecule has 1 aliphatic carbocycles. The summed E-state index contributed by atoms with van der Waals surface area (Å²) in [7, 11) is 0. The minimum absolute atomic E-state index is 0.00141. The van der Waals surface area contributed by atoms with Gasteiger partial charge >= 0.3 is 6.72 Å². The van der Waals surface area contributed by atoms with E-state index in [0.717, 1.165) is 4.68 Å². The summed E-state index contributed by atoms with van der Waals surface area (Å²) in [6, 6.07) is 0. The minimum atomic E-state index is -4.10. The van der Waals surface area contributed by atoms with E-state index in [-0.39, 0.29) is 42.6 Å². The van der Waals surface area contributed by atoms with Gasteiger partial charge in [0, 0.05) is 6.42 Å². The number of nitrogens with one attached hydrogen (secondary N) is 1. The SMILES string of the molecule is Nc1nc2c(nnn2[C@@H]2O[C@H](CO)C[C@H]2OP(O)(=S)OC2[C@@]34CO[C@@H]([C@H](n5cnc6c(N)ncnc65)O3)[C@@]24O)c(=O)[nH]1. The Morgan fingerprint density at radius 1 is 1.21 bits per heavy atom. The van der Waals surface area contributed by atoms with Crippen molar-refractivity contribution >= 4 is 52.6 Å². The number of anilines is 2. The lowest BCUT2D eigenvalue weighted by Gasteiger charge is -2.33. The Labute approximate surface area is 237 Å². The van der Waals surface area contributed by atoms with Crippen molar-refractivity contribution < 1.29 is 38.4 Å². The molecule has 42 heavy (non-hydrogen) atoms. The fourth-order valence-corrected chi connectivity index (χ4v) is 7.86. The number of rotatable bonds is 7. The third-order valence-corrected chi connectivity index (χ3v) is 9.56. The van der Waals surface area contributed by atoms with Crippen LogP contribution in [0.4, 0.5) is 11.8 Å². The highest BCUT2D eigenvalue weighted by Crippen LogP contribution is 2.72. The zero-order chi connectivity index (χ0) is 29.2. The smallest absolute Gasteiger partial charge is 0.325 e. The lowest BCUT2D eigenvalue weighted by molar-refractivity contribution is -0.191. The van der Waals surface area contributed by atoms with Crippen LogP contribution in [0.3, 0.4) is 0 Å². The molecule has 222 valence electrons. The number of nitrogen functional groups attached to an aromatic ring is 2. The molecular formula is C20H22N11O9PS. The molecule has 9 atom stereocenters. The summed E-state index contributed by atoms with van der Waals surface area (Å²) in [6.45, 7) is -4.51. The van der Waals surface area contributed by atoms with Crippen molar-refractivity contribution in [2.75, 3.05) is 24.7 Å². The number of nitrogens with zero attached hydrogens (tertiary/aromatic N) is 8. The molecular weight excluding hydrogens is 601 g/mol. The minimum Gasteiger partial charge on any atom is -0.394 e. The van der Waals surface area contributed by atoms with Crippen molar-refractivity contribution in [3.8, 4) is 0 Å². The van der Waals surface area contributed by atoms with Crippen LogP contribution in [0.15, 0.2) is 17.4 Å². The molecule has 0 radical (unpaired) electrons. The monoisotopic (exact) mass is 623 g/mol. The number of aliphatic hydroxyl groups is 2. The fraction of sp³-hybridized carbons (Fsp3) is 0.550. The molecule has 2 unspecified atom stereocenters.